The Kier molecular flexibility index (Phi) is 10.6. The number of carbonyl (C=O) groups excluding carboxylic acids is 5. The van der Waals surface area contributed by atoms with Crippen LogP contribution in [0.3, 0.4) is 0 Å². The number of halogens is 1. The maximum absolute atomic E-state index is 13.5. The molecule has 1 spiro atoms. The number of rotatable bonds is 8. The second kappa shape index (κ2) is 16.0. The molecule has 306 valence electrons. The third-order valence-electron chi connectivity index (χ3n) is 13.5. The summed E-state index contributed by atoms with van der Waals surface area (Å²) in [6.07, 6.45) is 6.60. The fraction of sp³-hybridized carbons (Fsp3) is 0.467. The van der Waals surface area contributed by atoms with E-state index in [0.29, 0.717) is 51.7 Å². The number of nitriles is 1. The molecule has 9 rings (SSSR count). The molecule has 59 heavy (non-hydrogen) atoms. The van der Waals surface area contributed by atoms with Crippen LogP contribution in [0.25, 0.3) is 0 Å². The molecule has 0 aromatic heterocycles. The number of hydrogen-bond donors (Lipinski definition) is 1. The molecule has 1 aliphatic carbocycles. The van der Waals surface area contributed by atoms with E-state index in [1.54, 1.807) is 18.2 Å². The molecule has 3 aromatic rings. The zero-order valence-corrected chi connectivity index (χ0v) is 33.8. The third kappa shape index (κ3) is 7.76. The Morgan fingerprint density at radius 2 is 1.47 bits per heavy atom. The van der Waals surface area contributed by atoms with Gasteiger partial charge in [0.25, 0.3) is 17.7 Å². The summed E-state index contributed by atoms with van der Waals surface area (Å²) in [5.41, 5.74) is 4.05. The second-order valence-electron chi connectivity index (χ2n) is 17.2. The number of nitrogens with zero attached hydrogens (tertiary/aromatic N) is 6. The number of piperazine rings is 1. The van der Waals surface area contributed by atoms with Crippen LogP contribution in [0.4, 0.5) is 11.4 Å². The van der Waals surface area contributed by atoms with E-state index in [0.717, 1.165) is 106 Å². The van der Waals surface area contributed by atoms with Crippen LogP contribution in [-0.2, 0) is 9.59 Å². The molecular formula is C45H48ClN7O6. The van der Waals surface area contributed by atoms with Crippen LogP contribution in [-0.4, -0.2) is 115 Å². The number of piperidine rings is 2. The van der Waals surface area contributed by atoms with Crippen LogP contribution in [0.1, 0.15) is 88.0 Å². The van der Waals surface area contributed by atoms with Crippen molar-refractivity contribution < 1.29 is 28.7 Å². The van der Waals surface area contributed by atoms with Gasteiger partial charge in [0.15, 0.2) is 0 Å². The Morgan fingerprint density at radius 1 is 0.797 bits per heavy atom. The topological polar surface area (TPSA) is 147 Å². The van der Waals surface area contributed by atoms with Gasteiger partial charge in [-0.05, 0) is 112 Å². The fourth-order valence-corrected chi connectivity index (χ4v) is 10.2. The lowest BCUT2D eigenvalue weighted by Gasteiger charge is -2.54. The van der Waals surface area contributed by atoms with Crippen molar-refractivity contribution in [1.29, 1.82) is 5.26 Å². The third-order valence-corrected chi connectivity index (χ3v) is 13.8. The minimum absolute atomic E-state index is 0.0527. The zero-order valence-electron chi connectivity index (χ0n) is 33.0. The largest absolute Gasteiger partial charge is 0.490 e. The molecule has 1 saturated carbocycles. The van der Waals surface area contributed by atoms with E-state index >= 15 is 0 Å². The molecule has 5 amide bonds. The normalized spacial score (nSPS) is 22.6. The summed E-state index contributed by atoms with van der Waals surface area (Å²) in [6, 6.07) is 19.8. The van der Waals surface area contributed by atoms with E-state index in [1.165, 1.54) is 0 Å². The summed E-state index contributed by atoms with van der Waals surface area (Å²) >= 11 is 6.27. The highest BCUT2D eigenvalue weighted by molar-refractivity contribution is 6.32. The lowest BCUT2D eigenvalue weighted by Crippen LogP contribution is -2.58. The maximum Gasteiger partial charge on any atom is 0.262 e. The first-order valence-corrected chi connectivity index (χ1v) is 21.3. The Bertz CT molecular complexity index is 2210. The summed E-state index contributed by atoms with van der Waals surface area (Å²) in [5.74, 6) is -0.602. The first kappa shape index (κ1) is 39.0. The van der Waals surface area contributed by atoms with Crippen LogP contribution in [0.5, 0.6) is 5.75 Å². The van der Waals surface area contributed by atoms with Crippen molar-refractivity contribution in [2.75, 3.05) is 68.7 Å². The summed E-state index contributed by atoms with van der Waals surface area (Å²) in [6.45, 7) is 7.68. The van der Waals surface area contributed by atoms with E-state index in [-0.39, 0.29) is 24.9 Å². The number of benzene rings is 3. The molecule has 0 radical (unpaired) electrons. The summed E-state index contributed by atoms with van der Waals surface area (Å²) in [4.78, 5) is 74.0. The molecule has 3 aromatic carbocycles. The molecule has 0 bridgehead atoms. The van der Waals surface area contributed by atoms with Gasteiger partial charge < -0.3 is 19.4 Å². The molecule has 1 atom stereocenters. The predicted octanol–water partition coefficient (Wildman–Crippen LogP) is 5.12. The molecule has 6 aliphatic rings. The van der Waals surface area contributed by atoms with Gasteiger partial charge in [-0.1, -0.05) is 11.6 Å². The number of amides is 5. The van der Waals surface area contributed by atoms with E-state index < -0.39 is 29.7 Å². The van der Waals surface area contributed by atoms with Gasteiger partial charge in [0, 0.05) is 87.7 Å². The Morgan fingerprint density at radius 3 is 2.15 bits per heavy atom. The van der Waals surface area contributed by atoms with Gasteiger partial charge >= 0.3 is 0 Å². The summed E-state index contributed by atoms with van der Waals surface area (Å²) < 4.78 is 6.38. The number of anilines is 2. The van der Waals surface area contributed by atoms with Crippen LogP contribution < -0.4 is 19.9 Å². The van der Waals surface area contributed by atoms with Gasteiger partial charge in [-0.3, -0.25) is 39.1 Å². The number of hydrogen-bond acceptors (Lipinski definition) is 10. The monoisotopic (exact) mass is 817 g/mol. The Labute approximate surface area is 348 Å². The molecule has 13 nitrogen and oxygen atoms in total. The summed E-state index contributed by atoms with van der Waals surface area (Å²) in [7, 11) is 0. The highest BCUT2D eigenvalue weighted by Crippen LogP contribution is 2.46. The van der Waals surface area contributed by atoms with Crippen molar-refractivity contribution in [3.05, 3.63) is 87.9 Å². The van der Waals surface area contributed by atoms with E-state index in [4.69, 9.17) is 16.3 Å². The van der Waals surface area contributed by atoms with E-state index in [9.17, 15) is 29.2 Å². The molecule has 4 saturated heterocycles. The highest BCUT2D eigenvalue weighted by atomic mass is 35.5. The molecule has 1 unspecified atom stereocenters. The lowest BCUT2D eigenvalue weighted by molar-refractivity contribution is -0.136. The first-order valence-electron chi connectivity index (χ1n) is 20.9. The number of fused-ring (bicyclic) bond motifs is 1. The SMILES string of the molecule is N#Cc1ccc(N2CC3(CCC(Oc4ccc(C(=O)N5CCN(CC6CCN(c7ccc8c(c7)C(=O)N(C7CCC(=O)NC7=O)C8=O)CC6)CC5)cc4)CC3)C2)cc1Cl. The number of imide groups is 2. The van der Waals surface area contributed by atoms with Crippen LogP contribution in [0.2, 0.25) is 5.02 Å². The van der Waals surface area contributed by atoms with Crippen LogP contribution >= 0.6 is 11.6 Å². The standard InChI is InChI=1S/C45H48ClN7O6/c46-38-24-33(4-1-31(38)25-47)52-27-45(28-52)15-11-35(12-16-45)59-34-6-2-30(3-7-34)42(56)51-21-19-49(20-22-51)26-29-13-17-50(18-14-29)32-5-8-36-37(23-32)44(58)53(43(36)57)39-9-10-40(54)48-41(39)55/h1-8,23-24,29,35,39H,9-22,26-28H2,(H,48,54,55). The number of carbonyl (C=O) groups is 5. The van der Waals surface area contributed by atoms with Crippen LogP contribution in [0, 0.1) is 22.7 Å². The minimum atomic E-state index is -0.974. The van der Waals surface area contributed by atoms with Gasteiger partial charge in [-0.15, -0.1) is 0 Å². The Hall–Kier alpha value is -5.45. The number of ether oxygens (including phenoxy) is 1. The average Bonchev–Trinajstić information content (AvgIpc) is 3.48. The van der Waals surface area contributed by atoms with Crippen LogP contribution in [0.15, 0.2) is 60.7 Å². The molecule has 1 N–H and O–H groups in total. The zero-order chi connectivity index (χ0) is 40.8. The van der Waals surface area contributed by atoms with Crippen molar-refractivity contribution in [2.45, 2.75) is 63.5 Å². The van der Waals surface area contributed by atoms with Crippen molar-refractivity contribution in [3.8, 4) is 11.8 Å². The average molecular weight is 818 g/mol. The lowest BCUT2D eigenvalue weighted by atomic mass is 9.67. The predicted molar refractivity (Wildman–Crippen MR) is 221 cm³/mol. The van der Waals surface area contributed by atoms with Crippen molar-refractivity contribution >= 4 is 52.5 Å². The smallest absolute Gasteiger partial charge is 0.262 e. The fourth-order valence-electron chi connectivity index (χ4n) is 9.95. The van der Waals surface area contributed by atoms with Gasteiger partial charge in [0.2, 0.25) is 11.8 Å². The Balaban J connectivity index is 0.693. The molecular weight excluding hydrogens is 770 g/mol. The van der Waals surface area contributed by atoms with E-state index in [2.05, 4.69) is 26.1 Å². The minimum Gasteiger partial charge on any atom is -0.490 e. The van der Waals surface area contributed by atoms with Gasteiger partial charge in [0.1, 0.15) is 17.9 Å². The molecule has 14 heteroatoms. The summed E-state index contributed by atoms with van der Waals surface area (Å²) in [5, 5.41) is 11.9. The quantitative estimate of drug-likeness (QED) is 0.304. The highest BCUT2D eigenvalue weighted by Gasteiger charge is 2.46. The molecule has 5 aliphatic heterocycles. The molecule has 5 heterocycles. The van der Waals surface area contributed by atoms with Crippen molar-refractivity contribution in [1.82, 2.24) is 20.0 Å². The first-order chi connectivity index (χ1) is 28.6. The van der Waals surface area contributed by atoms with Gasteiger partial charge in [-0.25, -0.2) is 0 Å². The number of nitrogens with one attached hydrogen (secondary N) is 1. The maximum atomic E-state index is 13.5. The second-order valence-corrected chi connectivity index (χ2v) is 17.6. The van der Waals surface area contributed by atoms with Gasteiger partial charge in [0.05, 0.1) is 27.8 Å². The van der Waals surface area contributed by atoms with Crippen molar-refractivity contribution in [3.63, 3.8) is 0 Å². The van der Waals surface area contributed by atoms with Gasteiger partial charge in [-0.2, -0.15) is 5.26 Å². The van der Waals surface area contributed by atoms with Crippen molar-refractivity contribution in [2.24, 2.45) is 11.3 Å². The van der Waals surface area contributed by atoms with E-state index in [1.807, 2.05) is 47.4 Å². The molecule has 5 fully saturated rings.